The molecule has 4 nitrogen and oxygen atoms in total. The normalized spacial score (nSPS) is 19.9. The van der Waals surface area contributed by atoms with Gasteiger partial charge in [0, 0.05) is 33.7 Å². The lowest BCUT2D eigenvalue weighted by Crippen LogP contribution is -2.33. The molecule has 52 heavy (non-hydrogen) atoms. The van der Waals surface area contributed by atoms with Crippen LogP contribution >= 0.6 is 0 Å². The second-order valence-electron chi connectivity index (χ2n) is 14.4. The number of hydrogen-bond donors (Lipinski definition) is 0. The maximum absolute atomic E-state index is 6.75. The van der Waals surface area contributed by atoms with Gasteiger partial charge in [0.25, 0.3) is 0 Å². The Morgan fingerprint density at radius 3 is 2.00 bits per heavy atom. The van der Waals surface area contributed by atoms with E-state index in [1.165, 1.54) is 27.8 Å². The van der Waals surface area contributed by atoms with Gasteiger partial charge >= 0.3 is 0 Å². The molecule has 0 radical (unpaired) electrons. The quantitative estimate of drug-likeness (QED) is 0.176. The third kappa shape index (κ3) is 4.82. The lowest BCUT2D eigenvalue weighted by molar-refractivity contribution is 0.0776. The highest BCUT2D eigenvalue weighted by Gasteiger charge is 2.59. The van der Waals surface area contributed by atoms with Gasteiger partial charge in [-0.15, -0.1) is 0 Å². The lowest BCUT2D eigenvalue weighted by atomic mass is 9.91. The van der Waals surface area contributed by atoms with Crippen LogP contribution in [0.5, 0.6) is 5.75 Å². The molecule has 252 valence electrons. The third-order valence-corrected chi connectivity index (χ3v) is 11.0. The largest absolute Gasteiger partial charge is 0.477 e. The number of anilines is 5. The summed E-state index contributed by atoms with van der Waals surface area (Å²) in [5.74, 6) is 2.33. The van der Waals surface area contributed by atoms with Crippen LogP contribution < -0.4 is 14.5 Å². The molecular formula is C48H38N2O2. The molecular weight excluding hydrogens is 637 g/mol. The maximum atomic E-state index is 6.75. The molecule has 1 aliphatic carbocycles. The van der Waals surface area contributed by atoms with Crippen LogP contribution in [-0.2, 0) is 5.60 Å². The van der Waals surface area contributed by atoms with Gasteiger partial charge in [-0.1, -0.05) is 110 Å². The van der Waals surface area contributed by atoms with E-state index in [9.17, 15) is 0 Å². The molecule has 0 bridgehead atoms. The van der Waals surface area contributed by atoms with E-state index in [4.69, 9.17) is 9.15 Å². The lowest BCUT2D eigenvalue weighted by Gasteiger charge is -2.31. The standard InChI is InChI=1S/C48H38N2O2/c1-32-11-10-14-36(31-32)35-21-25-38(26-22-35)49(37-23-19-34(20-24-37)33-12-4-3-5-13-33)39-27-29-40(30-28-39)50-45-41-15-6-8-17-43(41)51-47(45)48(2)46(50)42-16-7-9-18-44(42)52-48/h3-30,32,46H,31H2,1-2H3. The summed E-state index contributed by atoms with van der Waals surface area (Å²) in [6.45, 7) is 4.44. The van der Waals surface area contributed by atoms with Crippen molar-refractivity contribution in [3.8, 4) is 16.9 Å². The van der Waals surface area contributed by atoms with Crippen molar-refractivity contribution in [3.05, 3.63) is 187 Å². The topological polar surface area (TPSA) is 28.9 Å². The Kier molecular flexibility index (Phi) is 7.00. The van der Waals surface area contributed by atoms with Crippen LogP contribution in [0.1, 0.15) is 43.2 Å². The van der Waals surface area contributed by atoms with Gasteiger partial charge < -0.3 is 19.0 Å². The molecule has 3 heterocycles. The Morgan fingerprint density at radius 1 is 0.654 bits per heavy atom. The fourth-order valence-electron chi connectivity index (χ4n) is 8.48. The van der Waals surface area contributed by atoms with Gasteiger partial charge in [-0.25, -0.2) is 0 Å². The fraction of sp³-hybridized carbons (Fsp3) is 0.125. The van der Waals surface area contributed by atoms with E-state index in [0.29, 0.717) is 5.92 Å². The minimum atomic E-state index is -0.660. The molecule has 10 rings (SSSR count). The number of para-hydroxylation sites is 2. The number of ether oxygens (including phenoxy) is 1. The van der Waals surface area contributed by atoms with E-state index in [-0.39, 0.29) is 6.04 Å². The van der Waals surface area contributed by atoms with Gasteiger partial charge in [0.15, 0.2) is 11.4 Å². The molecule has 3 aliphatic rings. The molecule has 1 aromatic heterocycles. The van der Waals surface area contributed by atoms with Crippen molar-refractivity contribution in [2.75, 3.05) is 9.80 Å². The second kappa shape index (κ2) is 11.9. The second-order valence-corrected chi connectivity index (χ2v) is 14.4. The summed E-state index contributed by atoms with van der Waals surface area (Å²) in [5, 5.41) is 1.09. The average molecular weight is 675 g/mol. The van der Waals surface area contributed by atoms with E-state index in [1.54, 1.807) is 0 Å². The summed E-state index contributed by atoms with van der Waals surface area (Å²) in [7, 11) is 0. The van der Waals surface area contributed by atoms with E-state index in [2.05, 4.69) is 175 Å². The predicted molar refractivity (Wildman–Crippen MR) is 213 cm³/mol. The van der Waals surface area contributed by atoms with E-state index >= 15 is 0 Å². The highest BCUT2D eigenvalue weighted by Crippen LogP contribution is 2.64. The number of rotatable bonds is 6. The van der Waals surface area contributed by atoms with Crippen molar-refractivity contribution >= 4 is 45.0 Å². The highest BCUT2D eigenvalue weighted by atomic mass is 16.5. The van der Waals surface area contributed by atoms with Crippen LogP contribution in [-0.4, -0.2) is 0 Å². The van der Waals surface area contributed by atoms with Crippen molar-refractivity contribution in [3.63, 3.8) is 0 Å². The summed E-state index contributed by atoms with van der Waals surface area (Å²) in [5.41, 5.74) is 11.9. The Hall–Kier alpha value is -6.26. The molecule has 6 aromatic carbocycles. The summed E-state index contributed by atoms with van der Waals surface area (Å²) < 4.78 is 13.4. The zero-order valence-corrected chi connectivity index (χ0v) is 29.2. The zero-order valence-electron chi connectivity index (χ0n) is 29.2. The first-order valence-corrected chi connectivity index (χ1v) is 18.2. The minimum absolute atomic E-state index is 0.0614. The fourth-order valence-corrected chi connectivity index (χ4v) is 8.48. The average Bonchev–Trinajstić information content (AvgIpc) is 3.80. The number of nitrogens with zero attached hydrogens (tertiary/aromatic N) is 2. The first kappa shape index (κ1) is 30.6. The number of benzene rings is 6. The van der Waals surface area contributed by atoms with Crippen molar-refractivity contribution in [2.45, 2.75) is 31.9 Å². The number of furan rings is 1. The zero-order chi connectivity index (χ0) is 34.8. The summed E-state index contributed by atoms with van der Waals surface area (Å²) in [6, 6.07) is 54.1. The maximum Gasteiger partial charge on any atom is 0.190 e. The summed E-state index contributed by atoms with van der Waals surface area (Å²) >= 11 is 0. The third-order valence-electron chi connectivity index (χ3n) is 11.0. The van der Waals surface area contributed by atoms with Crippen LogP contribution in [0.2, 0.25) is 0 Å². The highest BCUT2D eigenvalue weighted by molar-refractivity contribution is 5.98. The van der Waals surface area contributed by atoms with Gasteiger partial charge in [0.1, 0.15) is 17.4 Å². The molecule has 0 fully saturated rings. The molecule has 0 saturated heterocycles. The molecule has 2 aliphatic heterocycles. The molecule has 0 amide bonds. The Labute approximate surface area is 304 Å². The van der Waals surface area contributed by atoms with Crippen molar-refractivity contribution < 1.29 is 9.15 Å². The minimum Gasteiger partial charge on any atom is -0.477 e. The summed E-state index contributed by atoms with van der Waals surface area (Å²) in [4.78, 5) is 4.78. The molecule has 0 N–H and O–H groups in total. The summed E-state index contributed by atoms with van der Waals surface area (Å²) in [6.07, 6.45) is 7.77. The number of hydrogen-bond acceptors (Lipinski definition) is 4. The molecule has 7 aromatic rings. The Bertz CT molecular complexity index is 2490. The smallest absolute Gasteiger partial charge is 0.190 e. The Morgan fingerprint density at radius 2 is 1.27 bits per heavy atom. The number of allylic oxidation sites excluding steroid dienone is 4. The molecule has 0 saturated carbocycles. The van der Waals surface area contributed by atoms with Gasteiger partial charge in [0.2, 0.25) is 0 Å². The van der Waals surface area contributed by atoms with E-state index < -0.39 is 5.60 Å². The first-order valence-electron chi connectivity index (χ1n) is 18.2. The van der Waals surface area contributed by atoms with E-state index in [0.717, 1.165) is 57.3 Å². The van der Waals surface area contributed by atoms with Crippen molar-refractivity contribution in [1.82, 2.24) is 0 Å². The van der Waals surface area contributed by atoms with Gasteiger partial charge in [0.05, 0.1) is 5.69 Å². The van der Waals surface area contributed by atoms with Gasteiger partial charge in [-0.05, 0) is 108 Å². The van der Waals surface area contributed by atoms with Crippen LogP contribution in [0, 0.1) is 5.92 Å². The van der Waals surface area contributed by atoms with E-state index in [1.807, 2.05) is 18.2 Å². The van der Waals surface area contributed by atoms with Crippen LogP contribution in [0.25, 0.3) is 27.7 Å². The van der Waals surface area contributed by atoms with Crippen LogP contribution in [0.4, 0.5) is 28.4 Å². The molecule has 4 heteroatoms. The number of fused-ring (bicyclic) bond motifs is 7. The first-order chi connectivity index (χ1) is 25.5. The SMILES string of the molecule is CC1C=CC=C(c2ccc(N(c3ccc(-c4ccccc4)cc3)c3ccc(N4c5c(oc6ccccc56)C5(C)Oc6ccccc6C45)cc3)cc2)C1. The Balaban J connectivity index is 1.07. The van der Waals surface area contributed by atoms with Crippen molar-refractivity contribution in [2.24, 2.45) is 5.92 Å². The predicted octanol–water partition coefficient (Wildman–Crippen LogP) is 13.0. The van der Waals surface area contributed by atoms with Crippen molar-refractivity contribution in [1.29, 1.82) is 0 Å². The monoisotopic (exact) mass is 674 g/mol. The molecule has 0 spiro atoms. The van der Waals surface area contributed by atoms with Crippen LogP contribution in [0.15, 0.2) is 174 Å². The van der Waals surface area contributed by atoms with Gasteiger partial charge in [-0.3, -0.25) is 0 Å². The molecule has 3 atom stereocenters. The van der Waals surface area contributed by atoms with Crippen LogP contribution in [0.3, 0.4) is 0 Å². The van der Waals surface area contributed by atoms with Gasteiger partial charge in [-0.2, -0.15) is 0 Å². The molecule has 3 unspecified atom stereocenters.